The predicted octanol–water partition coefficient (Wildman–Crippen LogP) is 3.80. The maximum absolute atomic E-state index is 13.8. The minimum absolute atomic E-state index is 0.171. The second-order valence-electron chi connectivity index (χ2n) is 9.43. The lowest BCUT2D eigenvalue weighted by Crippen LogP contribution is -2.50. The minimum Gasteiger partial charge on any atom is -0.350 e. The van der Waals surface area contributed by atoms with Crippen LogP contribution in [0.3, 0.4) is 0 Å². The molecule has 1 atom stereocenters. The number of carbonyl (C=O) groups is 3. The van der Waals surface area contributed by atoms with Crippen molar-refractivity contribution < 1.29 is 14.4 Å². The standard InChI is InChI=1S/C29H28ClN7O3/c1-20-18-36(28(39)24-8-7-23(15-25(24)30)37-14-4-11-34-37)26-6-3-2-5-22(26)19-35(20)29(40)33-17-27(38)32-16-21-9-12-31-13-10-21/h2-15,20H,16-19H2,1H3,(H,32,38)(H,33,40)/t20-/m1/s1. The first-order chi connectivity index (χ1) is 19.4. The van der Waals surface area contributed by atoms with E-state index in [1.807, 2.05) is 43.3 Å². The van der Waals surface area contributed by atoms with E-state index in [0.717, 1.165) is 16.8 Å². The van der Waals surface area contributed by atoms with E-state index in [2.05, 4.69) is 20.7 Å². The normalized spacial score (nSPS) is 14.7. The number of pyridine rings is 1. The van der Waals surface area contributed by atoms with Crippen LogP contribution in [0.15, 0.2) is 85.5 Å². The molecule has 3 heterocycles. The zero-order valence-corrected chi connectivity index (χ0v) is 22.6. The zero-order chi connectivity index (χ0) is 28.1. The number of rotatable bonds is 6. The molecule has 40 heavy (non-hydrogen) atoms. The van der Waals surface area contributed by atoms with Crippen LogP contribution in [0.5, 0.6) is 0 Å². The van der Waals surface area contributed by atoms with E-state index in [4.69, 9.17) is 11.6 Å². The molecule has 5 rings (SSSR count). The van der Waals surface area contributed by atoms with Crippen molar-refractivity contribution in [2.24, 2.45) is 0 Å². The molecule has 2 aromatic carbocycles. The maximum atomic E-state index is 13.8. The summed E-state index contributed by atoms with van der Waals surface area (Å²) in [6.45, 7) is 2.56. The highest BCUT2D eigenvalue weighted by Crippen LogP contribution is 2.30. The summed E-state index contributed by atoms with van der Waals surface area (Å²) in [6, 6.07) is 17.3. The third kappa shape index (κ3) is 5.97. The number of para-hydroxylation sites is 1. The molecule has 1 aliphatic rings. The van der Waals surface area contributed by atoms with Crippen LogP contribution in [0.1, 0.15) is 28.4 Å². The van der Waals surface area contributed by atoms with Gasteiger partial charge in [-0.25, -0.2) is 9.48 Å². The van der Waals surface area contributed by atoms with Crippen molar-refractivity contribution in [3.05, 3.63) is 107 Å². The molecule has 0 spiro atoms. The Bertz CT molecular complexity index is 1510. The number of amides is 4. The number of aromatic nitrogens is 3. The van der Waals surface area contributed by atoms with Gasteiger partial charge in [0.05, 0.1) is 22.8 Å². The minimum atomic E-state index is -0.391. The summed E-state index contributed by atoms with van der Waals surface area (Å²) in [7, 11) is 0. The van der Waals surface area contributed by atoms with Gasteiger partial charge in [-0.3, -0.25) is 14.6 Å². The van der Waals surface area contributed by atoms with E-state index in [1.54, 1.807) is 63.5 Å². The van der Waals surface area contributed by atoms with Crippen molar-refractivity contribution in [1.82, 2.24) is 30.3 Å². The van der Waals surface area contributed by atoms with Crippen molar-refractivity contribution in [2.75, 3.05) is 18.0 Å². The number of hydrogen-bond donors (Lipinski definition) is 2. The molecule has 4 amide bonds. The number of fused-ring (bicyclic) bond motifs is 1. The number of nitrogens with one attached hydrogen (secondary N) is 2. The molecule has 2 aromatic heterocycles. The Morgan fingerprint density at radius 2 is 1.80 bits per heavy atom. The van der Waals surface area contributed by atoms with Gasteiger partial charge in [-0.05, 0) is 60.5 Å². The first-order valence-corrected chi connectivity index (χ1v) is 13.2. The van der Waals surface area contributed by atoms with E-state index < -0.39 is 6.03 Å². The van der Waals surface area contributed by atoms with Crippen LogP contribution in [0, 0.1) is 0 Å². The Balaban J connectivity index is 1.29. The molecule has 0 bridgehead atoms. The number of urea groups is 1. The van der Waals surface area contributed by atoms with E-state index in [1.165, 1.54) is 0 Å². The van der Waals surface area contributed by atoms with E-state index >= 15 is 0 Å². The molecule has 2 N–H and O–H groups in total. The third-order valence-corrected chi connectivity index (χ3v) is 7.01. The van der Waals surface area contributed by atoms with Crippen LogP contribution in [0.4, 0.5) is 10.5 Å². The van der Waals surface area contributed by atoms with Crippen molar-refractivity contribution in [1.29, 1.82) is 0 Å². The smallest absolute Gasteiger partial charge is 0.318 e. The van der Waals surface area contributed by atoms with Crippen molar-refractivity contribution in [3.8, 4) is 5.69 Å². The number of carbonyl (C=O) groups excluding carboxylic acids is 3. The second-order valence-corrected chi connectivity index (χ2v) is 9.83. The lowest BCUT2D eigenvalue weighted by atomic mass is 10.1. The van der Waals surface area contributed by atoms with Gasteiger partial charge >= 0.3 is 6.03 Å². The van der Waals surface area contributed by atoms with Gasteiger partial charge in [-0.2, -0.15) is 5.10 Å². The number of anilines is 1. The van der Waals surface area contributed by atoms with Crippen molar-refractivity contribution >= 4 is 35.1 Å². The molecular formula is C29H28ClN7O3. The molecule has 1 aliphatic heterocycles. The Morgan fingerprint density at radius 1 is 1.00 bits per heavy atom. The average molecular weight is 558 g/mol. The van der Waals surface area contributed by atoms with Crippen LogP contribution in [0.2, 0.25) is 5.02 Å². The molecule has 10 nitrogen and oxygen atoms in total. The fourth-order valence-corrected chi connectivity index (χ4v) is 4.84. The predicted molar refractivity (Wildman–Crippen MR) is 151 cm³/mol. The van der Waals surface area contributed by atoms with Gasteiger partial charge in [0.25, 0.3) is 5.91 Å². The fourth-order valence-electron chi connectivity index (χ4n) is 4.58. The molecule has 11 heteroatoms. The highest BCUT2D eigenvalue weighted by atomic mass is 35.5. The molecule has 0 radical (unpaired) electrons. The monoisotopic (exact) mass is 557 g/mol. The number of nitrogens with zero attached hydrogens (tertiary/aromatic N) is 5. The summed E-state index contributed by atoms with van der Waals surface area (Å²) in [6.07, 6.45) is 6.77. The number of halogens is 1. The third-order valence-electron chi connectivity index (χ3n) is 6.70. The number of benzene rings is 2. The molecule has 4 aromatic rings. The molecular weight excluding hydrogens is 530 g/mol. The zero-order valence-electron chi connectivity index (χ0n) is 21.8. The molecule has 0 saturated heterocycles. The molecule has 204 valence electrons. The van der Waals surface area contributed by atoms with Gasteiger partial charge in [-0.15, -0.1) is 0 Å². The summed E-state index contributed by atoms with van der Waals surface area (Å²) < 4.78 is 1.67. The fraction of sp³-hybridized carbons (Fsp3) is 0.207. The van der Waals surface area contributed by atoms with Crippen molar-refractivity contribution in [2.45, 2.75) is 26.1 Å². The lowest BCUT2D eigenvalue weighted by Gasteiger charge is -2.29. The Hall–Kier alpha value is -4.70. The Kier molecular flexibility index (Phi) is 8.07. The van der Waals surface area contributed by atoms with Gasteiger partial charge in [0.1, 0.15) is 0 Å². The van der Waals surface area contributed by atoms with Gasteiger partial charge in [0.2, 0.25) is 5.91 Å². The molecule has 0 saturated carbocycles. The largest absolute Gasteiger partial charge is 0.350 e. The van der Waals surface area contributed by atoms with E-state index in [0.29, 0.717) is 22.8 Å². The van der Waals surface area contributed by atoms with Crippen LogP contribution < -0.4 is 15.5 Å². The summed E-state index contributed by atoms with van der Waals surface area (Å²) in [4.78, 5) is 46.6. The van der Waals surface area contributed by atoms with E-state index in [9.17, 15) is 14.4 Å². The first kappa shape index (κ1) is 26.9. The summed E-state index contributed by atoms with van der Waals surface area (Å²) in [5.74, 6) is -0.577. The second kappa shape index (κ2) is 12.0. The Morgan fingerprint density at radius 3 is 2.55 bits per heavy atom. The van der Waals surface area contributed by atoms with Crippen LogP contribution in [0.25, 0.3) is 5.69 Å². The van der Waals surface area contributed by atoms with Crippen LogP contribution in [-0.2, 0) is 17.9 Å². The topological polar surface area (TPSA) is 112 Å². The SMILES string of the molecule is C[C@@H]1CN(C(=O)c2ccc(-n3cccn3)cc2Cl)c2ccccc2CN1C(=O)NCC(=O)NCc1ccncc1. The quantitative estimate of drug-likeness (QED) is 0.374. The molecule has 0 unspecified atom stereocenters. The first-order valence-electron chi connectivity index (χ1n) is 12.8. The number of hydrogen-bond acceptors (Lipinski definition) is 5. The highest BCUT2D eigenvalue weighted by molar-refractivity contribution is 6.34. The van der Waals surface area contributed by atoms with Gasteiger partial charge in [-0.1, -0.05) is 29.8 Å². The van der Waals surface area contributed by atoms with Crippen LogP contribution >= 0.6 is 11.6 Å². The molecule has 0 aliphatic carbocycles. The summed E-state index contributed by atoms with van der Waals surface area (Å²) in [5, 5.41) is 10.0. The maximum Gasteiger partial charge on any atom is 0.318 e. The highest BCUT2D eigenvalue weighted by Gasteiger charge is 2.32. The molecule has 0 fully saturated rings. The summed E-state index contributed by atoms with van der Waals surface area (Å²) in [5.41, 5.74) is 3.51. The van der Waals surface area contributed by atoms with Crippen molar-refractivity contribution in [3.63, 3.8) is 0 Å². The van der Waals surface area contributed by atoms with Gasteiger partial charge in [0.15, 0.2) is 0 Å². The lowest BCUT2D eigenvalue weighted by molar-refractivity contribution is -0.120. The van der Waals surface area contributed by atoms with Gasteiger partial charge < -0.3 is 20.4 Å². The van der Waals surface area contributed by atoms with E-state index in [-0.39, 0.29) is 37.5 Å². The average Bonchev–Trinajstić information content (AvgIpc) is 3.47. The summed E-state index contributed by atoms with van der Waals surface area (Å²) >= 11 is 6.58. The Labute approximate surface area is 236 Å². The van der Waals surface area contributed by atoms with Gasteiger partial charge in [0, 0.05) is 56.2 Å². The van der Waals surface area contributed by atoms with Crippen LogP contribution in [-0.4, -0.2) is 56.6 Å².